The van der Waals surface area contributed by atoms with Crippen LogP contribution >= 0.6 is 22.9 Å². The first-order valence-electron chi connectivity index (χ1n) is 6.33. The second-order valence-corrected chi connectivity index (χ2v) is 5.69. The molecule has 1 aromatic heterocycles. The molecule has 20 heavy (non-hydrogen) atoms. The van der Waals surface area contributed by atoms with E-state index in [9.17, 15) is 4.79 Å². The molecule has 1 aromatic carbocycles. The summed E-state index contributed by atoms with van der Waals surface area (Å²) in [5.41, 5.74) is 0.630. The lowest BCUT2D eigenvalue weighted by Gasteiger charge is -2.04. The molecule has 0 radical (unpaired) electrons. The summed E-state index contributed by atoms with van der Waals surface area (Å²) < 4.78 is 0. The van der Waals surface area contributed by atoms with Gasteiger partial charge in [-0.15, -0.1) is 10.2 Å². The van der Waals surface area contributed by atoms with Gasteiger partial charge in [0.2, 0.25) is 5.13 Å². The number of anilines is 2. The van der Waals surface area contributed by atoms with Gasteiger partial charge >= 0.3 is 6.03 Å². The zero-order valence-electron chi connectivity index (χ0n) is 11.0. The van der Waals surface area contributed by atoms with Gasteiger partial charge in [-0.2, -0.15) is 0 Å². The molecule has 0 aliphatic carbocycles. The minimum Gasteiger partial charge on any atom is -0.308 e. The van der Waals surface area contributed by atoms with Gasteiger partial charge in [0, 0.05) is 17.1 Å². The van der Waals surface area contributed by atoms with Crippen LogP contribution in [0.5, 0.6) is 0 Å². The van der Waals surface area contributed by atoms with E-state index in [1.165, 1.54) is 11.3 Å². The number of hydrogen-bond donors (Lipinski definition) is 2. The van der Waals surface area contributed by atoms with Crippen molar-refractivity contribution in [1.82, 2.24) is 10.2 Å². The minimum absolute atomic E-state index is 0.356. The largest absolute Gasteiger partial charge is 0.325 e. The highest BCUT2D eigenvalue weighted by molar-refractivity contribution is 7.15. The van der Waals surface area contributed by atoms with Gasteiger partial charge in [0.15, 0.2) is 0 Å². The highest BCUT2D eigenvalue weighted by Crippen LogP contribution is 2.18. The van der Waals surface area contributed by atoms with Gasteiger partial charge in [-0.3, -0.25) is 5.32 Å². The molecule has 5 nitrogen and oxygen atoms in total. The maximum atomic E-state index is 11.8. The van der Waals surface area contributed by atoms with E-state index in [0.717, 1.165) is 24.3 Å². The smallest absolute Gasteiger partial charge is 0.308 e. The average Bonchev–Trinajstić information content (AvgIpc) is 2.83. The number of benzene rings is 1. The van der Waals surface area contributed by atoms with Crippen molar-refractivity contribution in [2.75, 3.05) is 10.6 Å². The van der Waals surface area contributed by atoms with E-state index in [0.29, 0.717) is 15.8 Å². The summed E-state index contributed by atoms with van der Waals surface area (Å²) in [5.74, 6) is 0. The topological polar surface area (TPSA) is 66.9 Å². The number of carbonyl (C=O) groups is 1. The van der Waals surface area contributed by atoms with Crippen molar-refractivity contribution in [3.05, 3.63) is 34.3 Å². The molecule has 2 N–H and O–H groups in total. The number of aryl methyl sites for hydroxylation is 1. The van der Waals surface area contributed by atoms with Crippen molar-refractivity contribution in [3.8, 4) is 0 Å². The lowest BCUT2D eigenvalue weighted by Crippen LogP contribution is -2.19. The van der Waals surface area contributed by atoms with Crippen LogP contribution in [0.4, 0.5) is 15.6 Å². The van der Waals surface area contributed by atoms with Gasteiger partial charge in [-0.25, -0.2) is 4.79 Å². The fourth-order valence-electron chi connectivity index (χ4n) is 1.56. The van der Waals surface area contributed by atoms with Crippen molar-refractivity contribution < 1.29 is 4.79 Å². The number of nitrogens with one attached hydrogen (secondary N) is 2. The van der Waals surface area contributed by atoms with E-state index in [4.69, 9.17) is 11.6 Å². The standard InChI is InChI=1S/C13H15ClN4OS/c1-2-3-7-11-17-18-13(20-11)16-12(19)15-10-6-4-5-9(14)8-10/h4-6,8H,2-3,7H2,1H3,(H2,15,16,18,19). The summed E-state index contributed by atoms with van der Waals surface area (Å²) in [5, 5.41) is 15.3. The van der Waals surface area contributed by atoms with Gasteiger partial charge in [0.1, 0.15) is 5.01 Å². The van der Waals surface area contributed by atoms with E-state index in [1.54, 1.807) is 24.3 Å². The Hall–Kier alpha value is -1.66. The molecule has 0 saturated carbocycles. The monoisotopic (exact) mass is 310 g/mol. The Balaban J connectivity index is 1.89. The van der Waals surface area contributed by atoms with Crippen LogP contribution in [-0.2, 0) is 6.42 Å². The Bertz CT molecular complexity index is 587. The highest BCUT2D eigenvalue weighted by Gasteiger charge is 2.08. The van der Waals surface area contributed by atoms with Gasteiger partial charge in [0.05, 0.1) is 0 Å². The van der Waals surface area contributed by atoms with Crippen LogP contribution < -0.4 is 10.6 Å². The van der Waals surface area contributed by atoms with Crippen LogP contribution in [0.1, 0.15) is 24.8 Å². The Morgan fingerprint density at radius 2 is 2.20 bits per heavy atom. The average molecular weight is 311 g/mol. The third-order valence-electron chi connectivity index (χ3n) is 2.51. The number of hydrogen-bond acceptors (Lipinski definition) is 4. The molecular weight excluding hydrogens is 296 g/mol. The molecule has 7 heteroatoms. The second kappa shape index (κ2) is 7.21. The number of amides is 2. The summed E-state index contributed by atoms with van der Waals surface area (Å²) in [4.78, 5) is 11.8. The Morgan fingerprint density at radius 3 is 2.95 bits per heavy atom. The van der Waals surface area contributed by atoms with E-state index in [2.05, 4.69) is 27.8 Å². The first-order valence-corrected chi connectivity index (χ1v) is 7.53. The van der Waals surface area contributed by atoms with E-state index >= 15 is 0 Å². The first kappa shape index (κ1) is 14.7. The Labute approximate surface area is 126 Å². The number of rotatable bonds is 5. The number of nitrogens with zero attached hydrogens (tertiary/aromatic N) is 2. The number of urea groups is 1. The first-order chi connectivity index (χ1) is 9.67. The second-order valence-electron chi connectivity index (χ2n) is 4.19. The van der Waals surface area contributed by atoms with Crippen molar-refractivity contribution in [2.45, 2.75) is 26.2 Å². The SMILES string of the molecule is CCCCc1nnc(NC(=O)Nc2cccc(Cl)c2)s1. The summed E-state index contributed by atoms with van der Waals surface area (Å²) in [6.07, 6.45) is 3.08. The fraction of sp³-hybridized carbons (Fsp3) is 0.308. The van der Waals surface area contributed by atoms with Gasteiger partial charge in [-0.1, -0.05) is 42.3 Å². The van der Waals surface area contributed by atoms with Crippen molar-refractivity contribution in [2.24, 2.45) is 0 Å². The number of carbonyl (C=O) groups excluding carboxylic acids is 1. The summed E-state index contributed by atoms with van der Waals surface area (Å²) in [6, 6.07) is 6.60. The maximum absolute atomic E-state index is 11.8. The Morgan fingerprint density at radius 1 is 1.35 bits per heavy atom. The van der Waals surface area contributed by atoms with Crippen LogP contribution in [0.25, 0.3) is 0 Å². The molecule has 0 saturated heterocycles. The minimum atomic E-state index is -0.356. The van der Waals surface area contributed by atoms with E-state index in [1.807, 2.05) is 0 Å². The normalized spacial score (nSPS) is 10.3. The molecule has 0 aliphatic rings. The van der Waals surface area contributed by atoms with Crippen molar-refractivity contribution >= 4 is 39.8 Å². The molecule has 2 amide bonds. The number of unbranched alkanes of at least 4 members (excludes halogenated alkanes) is 1. The number of halogens is 1. The lowest BCUT2D eigenvalue weighted by atomic mass is 10.3. The van der Waals surface area contributed by atoms with Crippen LogP contribution in [0.15, 0.2) is 24.3 Å². The predicted molar refractivity (Wildman–Crippen MR) is 82.6 cm³/mol. The molecule has 0 unspecified atom stereocenters. The van der Waals surface area contributed by atoms with Crippen LogP contribution in [0.2, 0.25) is 5.02 Å². The van der Waals surface area contributed by atoms with Gasteiger partial charge < -0.3 is 5.32 Å². The Kier molecular flexibility index (Phi) is 5.31. The zero-order chi connectivity index (χ0) is 14.4. The van der Waals surface area contributed by atoms with E-state index in [-0.39, 0.29) is 6.03 Å². The molecule has 0 spiro atoms. The molecule has 2 rings (SSSR count). The molecular formula is C13H15ClN4OS. The third kappa shape index (κ3) is 4.47. The molecule has 0 bridgehead atoms. The van der Waals surface area contributed by atoms with Crippen LogP contribution in [0.3, 0.4) is 0 Å². The van der Waals surface area contributed by atoms with Crippen LogP contribution in [0, 0.1) is 0 Å². The van der Waals surface area contributed by atoms with Crippen molar-refractivity contribution in [1.29, 1.82) is 0 Å². The fourth-order valence-corrected chi connectivity index (χ4v) is 2.53. The molecule has 2 aromatic rings. The van der Waals surface area contributed by atoms with Crippen LogP contribution in [-0.4, -0.2) is 16.2 Å². The quantitative estimate of drug-likeness (QED) is 0.870. The summed E-state index contributed by atoms with van der Waals surface area (Å²) in [6.45, 7) is 2.12. The molecule has 1 heterocycles. The van der Waals surface area contributed by atoms with Gasteiger partial charge in [0.25, 0.3) is 0 Å². The zero-order valence-corrected chi connectivity index (χ0v) is 12.6. The molecule has 0 atom stereocenters. The van der Waals surface area contributed by atoms with E-state index < -0.39 is 0 Å². The third-order valence-corrected chi connectivity index (χ3v) is 3.65. The summed E-state index contributed by atoms with van der Waals surface area (Å²) >= 11 is 7.24. The maximum Gasteiger partial charge on any atom is 0.325 e. The highest BCUT2D eigenvalue weighted by atomic mass is 35.5. The van der Waals surface area contributed by atoms with Crippen molar-refractivity contribution in [3.63, 3.8) is 0 Å². The molecule has 0 aliphatic heterocycles. The molecule has 0 fully saturated rings. The predicted octanol–water partition coefficient (Wildman–Crippen LogP) is 4.18. The molecule has 106 valence electrons. The van der Waals surface area contributed by atoms with Gasteiger partial charge in [-0.05, 0) is 24.6 Å². The lowest BCUT2D eigenvalue weighted by molar-refractivity contribution is 0.262. The number of aromatic nitrogens is 2. The summed E-state index contributed by atoms with van der Waals surface area (Å²) in [7, 11) is 0.